The van der Waals surface area contributed by atoms with Gasteiger partial charge in [0.1, 0.15) is 0 Å². The van der Waals surface area contributed by atoms with Gasteiger partial charge in [-0.05, 0) is 43.7 Å². The number of amides is 1. The average molecular weight is 323 g/mol. The summed E-state index contributed by atoms with van der Waals surface area (Å²) in [4.78, 5) is 15.7. The summed E-state index contributed by atoms with van der Waals surface area (Å²) in [5, 5.41) is 1.99. The van der Waals surface area contributed by atoms with Gasteiger partial charge in [0, 0.05) is 19.1 Å². The topological polar surface area (TPSA) is 38.8 Å². The van der Waals surface area contributed by atoms with Crippen LogP contribution in [0.5, 0.6) is 0 Å². The van der Waals surface area contributed by atoms with Crippen molar-refractivity contribution in [2.45, 2.75) is 38.7 Å². The van der Waals surface area contributed by atoms with E-state index < -0.39 is 0 Å². The number of thiophene rings is 1. The van der Waals surface area contributed by atoms with Crippen molar-refractivity contribution in [3.8, 4) is 0 Å². The second-order valence-electron chi connectivity index (χ2n) is 6.32. The van der Waals surface area contributed by atoms with Gasteiger partial charge >= 0.3 is 0 Å². The summed E-state index contributed by atoms with van der Waals surface area (Å²) in [5.41, 5.74) is 0.890. The molecule has 2 atom stereocenters. The number of rotatable bonds is 4. The van der Waals surface area contributed by atoms with Crippen molar-refractivity contribution >= 4 is 17.2 Å². The lowest BCUT2D eigenvalue weighted by atomic mass is 9.89. The van der Waals surface area contributed by atoms with Gasteiger partial charge in [-0.2, -0.15) is 0 Å². The van der Waals surface area contributed by atoms with Crippen molar-refractivity contribution < 1.29 is 14.3 Å². The van der Waals surface area contributed by atoms with Gasteiger partial charge in [0.25, 0.3) is 5.91 Å². The van der Waals surface area contributed by atoms with Crippen LogP contribution < -0.4 is 0 Å². The lowest BCUT2D eigenvalue weighted by Gasteiger charge is -2.44. The first-order chi connectivity index (χ1) is 10.7. The molecule has 1 saturated carbocycles. The Hall–Kier alpha value is -0.910. The van der Waals surface area contributed by atoms with Crippen LogP contribution in [0.2, 0.25) is 0 Å². The fourth-order valence-corrected chi connectivity index (χ4v) is 4.62. The van der Waals surface area contributed by atoms with E-state index in [1.54, 1.807) is 11.3 Å². The summed E-state index contributed by atoms with van der Waals surface area (Å²) >= 11 is 1.54. The zero-order valence-corrected chi connectivity index (χ0v) is 14.3. The number of aryl methyl sites for hydroxylation is 1. The van der Waals surface area contributed by atoms with E-state index in [9.17, 15) is 4.79 Å². The van der Waals surface area contributed by atoms with Crippen molar-refractivity contribution in [3.63, 3.8) is 0 Å². The fourth-order valence-electron chi connectivity index (χ4n) is 3.72. The van der Waals surface area contributed by atoms with E-state index in [4.69, 9.17) is 9.47 Å². The first-order valence-corrected chi connectivity index (χ1v) is 9.09. The van der Waals surface area contributed by atoms with Crippen LogP contribution in [0.4, 0.5) is 0 Å². The van der Waals surface area contributed by atoms with Crippen LogP contribution in [0.15, 0.2) is 11.4 Å². The van der Waals surface area contributed by atoms with E-state index in [0.29, 0.717) is 25.6 Å². The van der Waals surface area contributed by atoms with Crippen molar-refractivity contribution in [3.05, 3.63) is 21.9 Å². The highest BCUT2D eigenvalue weighted by molar-refractivity contribution is 7.12. The van der Waals surface area contributed by atoms with Crippen LogP contribution in [0.3, 0.4) is 0 Å². The lowest BCUT2D eigenvalue weighted by Crippen LogP contribution is -2.56. The van der Waals surface area contributed by atoms with Crippen LogP contribution in [-0.4, -0.2) is 49.3 Å². The molecule has 2 fully saturated rings. The predicted molar refractivity (Wildman–Crippen MR) is 87.5 cm³/mol. The molecule has 1 aliphatic heterocycles. The molecule has 5 heteroatoms. The molecule has 0 unspecified atom stereocenters. The highest BCUT2D eigenvalue weighted by atomic mass is 32.1. The number of hydrogen-bond donors (Lipinski definition) is 0. The Labute approximate surface area is 136 Å². The van der Waals surface area contributed by atoms with Crippen molar-refractivity contribution in [2.24, 2.45) is 5.92 Å². The molecule has 1 spiro atoms. The van der Waals surface area contributed by atoms with Gasteiger partial charge in [-0.15, -0.1) is 11.3 Å². The van der Waals surface area contributed by atoms with E-state index in [1.807, 2.05) is 30.2 Å². The molecule has 0 aromatic carbocycles. The summed E-state index contributed by atoms with van der Waals surface area (Å²) in [6.45, 7) is 7.56. The third kappa shape index (κ3) is 2.94. The van der Waals surface area contributed by atoms with Gasteiger partial charge in [0.15, 0.2) is 0 Å². The van der Waals surface area contributed by atoms with Crippen LogP contribution in [0.1, 0.15) is 41.4 Å². The van der Waals surface area contributed by atoms with E-state index >= 15 is 0 Å². The van der Waals surface area contributed by atoms with Crippen LogP contribution in [-0.2, 0) is 9.47 Å². The van der Waals surface area contributed by atoms with E-state index in [0.717, 1.165) is 42.9 Å². The van der Waals surface area contributed by atoms with Gasteiger partial charge < -0.3 is 14.4 Å². The highest BCUT2D eigenvalue weighted by Crippen LogP contribution is 2.41. The zero-order chi connectivity index (χ0) is 15.6. The van der Waals surface area contributed by atoms with E-state index in [-0.39, 0.29) is 11.5 Å². The Morgan fingerprint density at radius 3 is 3.18 bits per heavy atom. The molecule has 4 nitrogen and oxygen atoms in total. The molecule has 2 aliphatic rings. The Balaban J connectivity index is 1.73. The minimum Gasteiger partial charge on any atom is -0.381 e. The van der Waals surface area contributed by atoms with E-state index in [2.05, 4.69) is 0 Å². The quantitative estimate of drug-likeness (QED) is 0.854. The minimum atomic E-state index is -0.186. The molecule has 0 bridgehead atoms. The summed E-state index contributed by atoms with van der Waals surface area (Å²) in [6, 6.07) is 2.02. The molecule has 1 amide bonds. The summed E-state index contributed by atoms with van der Waals surface area (Å²) in [6.07, 6.45) is 3.34. The Kier molecular flexibility index (Phi) is 4.85. The van der Waals surface area contributed by atoms with Crippen molar-refractivity contribution in [1.29, 1.82) is 0 Å². The number of nitrogens with zero attached hydrogens (tertiary/aromatic N) is 1. The molecular formula is C17H25NO3S. The first kappa shape index (κ1) is 16.0. The number of morpholine rings is 1. The lowest BCUT2D eigenvalue weighted by molar-refractivity contribution is -0.132. The summed E-state index contributed by atoms with van der Waals surface area (Å²) < 4.78 is 11.8. The molecule has 0 radical (unpaired) electrons. The summed E-state index contributed by atoms with van der Waals surface area (Å²) in [7, 11) is 0. The van der Waals surface area contributed by atoms with Gasteiger partial charge in [0.05, 0.1) is 30.2 Å². The monoisotopic (exact) mass is 323 g/mol. The number of hydrogen-bond acceptors (Lipinski definition) is 4. The predicted octanol–water partition coefficient (Wildman–Crippen LogP) is 3.10. The molecule has 1 aromatic heterocycles. The summed E-state index contributed by atoms with van der Waals surface area (Å²) in [5.74, 6) is 0.574. The van der Waals surface area contributed by atoms with Crippen LogP contribution >= 0.6 is 11.3 Å². The number of carbonyl (C=O) groups excluding carboxylic acids is 1. The molecule has 22 heavy (non-hydrogen) atoms. The van der Waals surface area contributed by atoms with Crippen LogP contribution in [0, 0.1) is 12.8 Å². The van der Waals surface area contributed by atoms with Gasteiger partial charge in [-0.25, -0.2) is 0 Å². The molecule has 1 aliphatic carbocycles. The molecule has 0 N–H and O–H groups in total. The average Bonchev–Trinajstić information content (AvgIpc) is 3.11. The molecule has 3 rings (SSSR count). The first-order valence-electron chi connectivity index (χ1n) is 8.21. The maximum atomic E-state index is 12.8. The maximum absolute atomic E-state index is 12.8. The minimum absolute atomic E-state index is 0.164. The number of ether oxygens (including phenoxy) is 2. The molecular weight excluding hydrogens is 298 g/mol. The third-order valence-electron chi connectivity index (χ3n) is 4.97. The largest absolute Gasteiger partial charge is 0.381 e. The van der Waals surface area contributed by atoms with Crippen molar-refractivity contribution in [2.75, 3.05) is 32.9 Å². The Morgan fingerprint density at radius 2 is 2.45 bits per heavy atom. The molecule has 2 heterocycles. The molecule has 1 saturated heterocycles. The molecule has 1 aromatic rings. The van der Waals surface area contributed by atoms with Gasteiger partial charge in [0.2, 0.25) is 0 Å². The van der Waals surface area contributed by atoms with Crippen molar-refractivity contribution in [1.82, 2.24) is 4.90 Å². The third-order valence-corrected chi connectivity index (χ3v) is 5.98. The second-order valence-corrected chi connectivity index (χ2v) is 7.24. The fraction of sp³-hybridized carbons (Fsp3) is 0.706. The van der Waals surface area contributed by atoms with Gasteiger partial charge in [-0.1, -0.05) is 6.42 Å². The highest BCUT2D eigenvalue weighted by Gasteiger charge is 2.48. The Bertz CT molecular complexity index is 530. The normalized spacial score (nSPS) is 28.5. The smallest absolute Gasteiger partial charge is 0.264 e. The molecule has 122 valence electrons. The van der Waals surface area contributed by atoms with Gasteiger partial charge in [-0.3, -0.25) is 4.79 Å². The van der Waals surface area contributed by atoms with E-state index in [1.165, 1.54) is 0 Å². The zero-order valence-electron chi connectivity index (χ0n) is 13.5. The second kappa shape index (κ2) is 6.69. The maximum Gasteiger partial charge on any atom is 0.264 e. The Morgan fingerprint density at radius 1 is 1.59 bits per heavy atom. The van der Waals surface area contributed by atoms with Crippen LogP contribution in [0.25, 0.3) is 0 Å². The SMILES string of the molecule is CCOC[C@@H]1CCC[C@]12CN(C(=O)c1sccc1C)CCO2. The number of carbonyl (C=O) groups is 1. The standard InChI is InChI=1S/C17H25NO3S/c1-3-20-11-14-5-4-7-17(14)12-18(8-9-21-17)16(19)15-13(2)6-10-22-15/h6,10,14H,3-5,7-9,11-12H2,1-2H3/t14-,17-/m0/s1.